The van der Waals surface area contributed by atoms with E-state index in [1.54, 1.807) is 19.1 Å². The van der Waals surface area contributed by atoms with Crippen LogP contribution < -0.4 is 10.1 Å². The summed E-state index contributed by atoms with van der Waals surface area (Å²) in [7, 11) is 0. The Hall–Kier alpha value is -2.76. The van der Waals surface area contributed by atoms with Gasteiger partial charge in [0.2, 0.25) is 0 Å². The Bertz CT molecular complexity index is 749. The summed E-state index contributed by atoms with van der Waals surface area (Å²) in [4.78, 5) is 26.0. The second-order valence-electron chi connectivity index (χ2n) is 6.06. The van der Waals surface area contributed by atoms with Crippen molar-refractivity contribution in [2.75, 3.05) is 13.2 Å². The van der Waals surface area contributed by atoms with Crippen molar-refractivity contribution in [3.05, 3.63) is 53.5 Å². The van der Waals surface area contributed by atoms with Gasteiger partial charge in [-0.05, 0) is 44.0 Å². The van der Waals surface area contributed by atoms with Gasteiger partial charge in [-0.1, -0.05) is 18.2 Å². The number of hydrogen-bond acceptors (Lipinski definition) is 4. The van der Waals surface area contributed by atoms with Crippen LogP contribution in [0.15, 0.2) is 41.0 Å². The van der Waals surface area contributed by atoms with Crippen LogP contribution in [-0.4, -0.2) is 30.0 Å². The van der Waals surface area contributed by atoms with Crippen LogP contribution in [0.4, 0.5) is 4.79 Å². The standard InChI is InChI=1S/C18H20N2O4/c1-12-6-4-7-13(2)15(12)24-11-9-20-16(21)18(3,19-17(20)22)14-8-5-10-23-14/h4-8,10H,9,11H2,1-3H3,(H,19,22)/t18-/m1/s1. The lowest BCUT2D eigenvalue weighted by Crippen LogP contribution is -2.41. The molecule has 1 aliphatic heterocycles. The van der Waals surface area contributed by atoms with Crippen molar-refractivity contribution in [1.29, 1.82) is 0 Å². The Morgan fingerprint density at radius 3 is 2.50 bits per heavy atom. The molecule has 1 saturated heterocycles. The van der Waals surface area contributed by atoms with Crippen LogP contribution >= 0.6 is 0 Å². The smallest absolute Gasteiger partial charge is 0.325 e. The lowest BCUT2D eigenvalue weighted by molar-refractivity contribution is -0.131. The Balaban J connectivity index is 1.68. The Labute approximate surface area is 140 Å². The van der Waals surface area contributed by atoms with Gasteiger partial charge in [-0.2, -0.15) is 0 Å². The van der Waals surface area contributed by atoms with Crippen molar-refractivity contribution in [3.63, 3.8) is 0 Å². The van der Waals surface area contributed by atoms with E-state index in [4.69, 9.17) is 9.15 Å². The SMILES string of the molecule is Cc1cccc(C)c1OCCN1C(=O)N[C@](C)(c2ccco2)C1=O. The van der Waals surface area contributed by atoms with Gasteiger partial charge in [0, 0.05) is 0 Å². The number of amides is 3. The molecular formula is C18H20N2O4. The number of ether oxygens (including phenoxy) is 1. The normalized spacial score (nSPS) is 20.4. The first-order valence-corrected chi connectivity index (χ1v) is 7.80. The van der Waals surface area contributed by atoms with Gasteiger partial charge in [0.15, 0.2) is 5.54 Å². The summed E-state index contributed by atoms with van der Waals surface area (Å²) in [6, 6.07) is 8.81. The highest BCUT2D eigenvalue weighted by Gasteiger charge is 2.50. The Morgan fingerprint density at radius 1 is 1.17 bits per heavy atom. The van der Waals surface area contributed by atoms with Crippen LogP contribution in [0.5, 0.6) is 5.75 Å². The van der Waals surface area contributed by atoms with E-state index in [0.29, 0.717) is 5.76 Å². The van der Waals surface area contributed by atoms with Gasteiger partial charge in [0.25, 0.3) is 5.91 Å². The maximum absolute atomic E-state index is 12.6. The molecule has 0 radical (unpaired) electrons. The van der Waals surface area contributed by atoms with E-state index in [0.717, 1.165) is 21.8 Å². The van der Waals surface area contributed by atoms with Gasteiger partial charge in [-0.25, -0.2) is 4.79 Å². The number of nitrogens with zero attached hydrogens (tertiary/aromatic N) is 1. The van der Waals surface area contributed by atoms with E-state index in [1.165, 1.54) is 6.26 Å². The molecule has 3 rings (SSSR count). The van der Waals surface area contributed by atoms with E-state index in [1.807, 2.05) is 32.0 Å². The molecule has 0 saturated carbocycles. The van der Waals surface area contributed by atoms with Gasteiger partial charge in [-0.3, -0.25) is 9.69 Å². The van der Waals surface area contributed by atoms with Crippen LogP contribution in [0.3, 0.4) is 0 Å². The number of aryl methyl sites for hydroxylation is 2. The number of urea groups is 1. The molecule has 1 aliphatic rings. The number of furan rings is 1. The minimum Gasteiger partial charge on any atom is -0.491 e. The summed E-state index contributed by atoms with van der Waals surface area (Å²) in [5.74, 6) is 0.866. The predicted octanol–water partition coefficient (Wildman–Crippen LogP) is 2.74. The van der Waals surface area contributed by atoms with Crippen LogP contribution in [0.2, 0.25) is 0 Å². The molecule has 2 aromatic rings. The Kier molecular flexibility index (Phi) is 4.05. The number of para-hydroxylation sites is 1. The van der Waals surface area contributed by atoms with Crippen LogP contribution in [0, 0.1) is 13.8 Å². The molecule has 1 atom stereocenters. The fourth-order valence-electron chi connectivity index (χ4n) is 2.90. The Morgan fingerprint density at radius 2 is 1.88 bits per heavy atom. The number of carbonyl (C=O) groups excluding carboxylic acids is 2. The molecule has 3 amide bonds. The molecule has 1 aromatic heterocycles. The summed E-state index contributed by atoms with van der Waals surface area (Å²) >= 11 is 0. The zero-order valence-corrected chi connectivity index (χ0v) is 14.0. The van der Waals surface area contributed by atoms with E-state index < -0.39 is 11.6 Å². The number of benzene rings is 1. The second kappa shape index (κ2) is 6.03. The third-order valence-corrected chi connectivity index (χ3v) is 4.26. The van der Waals surface area contributed by atoms with Crippen molar-refractivity contribution in [3.8, 4) is 5.75 Å². The molecule has 6 nitrogen and oxygen atoms in total. The molecule has 2 heterocycles. The van der Waals surface area contributed by atoms with E-state index >= 15 is 0 Å². The van der Waals surface area contributed by atoms with Crippen molar-refractivity contribution in [1.82, 2.24) is 10.2 Å². The maximum Gasteiger partial charge on any atom is 0.325 e. The topological polar surface area (TPSA) is 71.8 Å². The van der Waals surface area contributed by atoms with Crippen molar-refractivity contribution in [2.24, 2.45) is 0 Å². The van der Waals surface area contributed by atoms with Crippen molar-refractivity contribution < 1.29 is 18.7 Å². The van der Waals surface area contributed by atoms with Crippen LogP contribution in [0.1, 0.15) is 23.8 Å². The summed E-state index contributed by atoms with van der Waals surface area (Å²) in [6.07, 6.45) is 1.48. The molecule has 1 aromatic carbocycles. The van der Waals surface area contributed by atoms with E-state index in [9.17, 15) is 9.59 Å². The lowest BCUT2D eigenvalue weighted by atomic mass is 9.99. The highest BCUT2D eigenvalue weighted by Crippen LogP contribution is 2.29. The summed E-state index contributed by atoms with van der Waals surface area (Å²) in [5.41, 5.74) is 0.874. The molecule has 0 bridgehead atoms. The third-order valence-electron chi connectivity index (χ3n) is 4.26. The highest BCUT2D eigenvalue weighted by atomic mass is 16.5. The molecule has 24 heavy (non-hydrogen) atoms. The number of hydrogen-bond donors (Lipinski definition) is 1. The zero-order chi connectivity index (χ0) is 17.3. The summed E-state index contributed by atoms with van der Waals surface area (Å²) < 4.78 is 11.1. The third kappa shape index (κ3) is 2.64. The first-order valence-electron chi connectivity index (χ1n) is 7.80. The molecule has 1 fully saturated rings. The van der Waals surface area contributed by atoms with E-state index in [2.05, 4.69) is 5.32 Å². The van der Waals surface area contributed by atoms with Gasteiger partial charge in [-0.15, -0.1) is 0 Å². The quantitative estimate of drug-likeness (QED) is 0.857. The fourth-order valence-corrected chi connectivity index (χ4v) is 2.90. The molecule has 6 heteroatoms. The van der Waals surface area contributed by atoms with E-state index in [-0.39, 0.29) is 19.1 Å². The molecule has 0 aliphatic carbocycles. The maximum atomic E-state index is 12.6. The fraction of sp³-hybridized carbons (Fsp3) is 0.333. The molecular weight excluding hydrogens is 308 g/mol. The summed E-state index contributed by atoms with van der Waals surface area (Å²) in [6.45, 7) is 5.97. The lowest BCUT2D eigenvalue weighted by Gasteiger charge is -2.19. The monoisotopic (exact) mass is 328 g/mol. The number of imide groups is 1. The van der Waals surface area contributed by atoms with Crippen LogP contribution in [-0.2, 0) is 10.3 Å². The van der Waals surface area contributed by atoms with Crippen molar-refractivity contribution in [2.45, 2.75) is 26.3 Å². The second-order valence-corrected chi connectivity index (χ2v) is 6.06. The average Bonchev–Trinajstić information content (AvgIpc) is 3.14. The van der Waals surface area contributed by atoms with Crippen molar-refractivity contribution >= 4 is 11.9 Å². The first kappa shape index (κ1) is 16.1. The molecule has 0 unspecified atom stereocenters. The molecule has 1 N–H and O–H groups in total. The van der Waals surface area contributed by atoms with Gasteiger partial charge >= 0.3 is 6.03 Å². The van der Waals surface area contributed by atoms with Gasteiger partial charge in [0.1, 0.15) is 18.1 Å². The predicted molar refractivity (Wildman–Crippen MR) is 87.7 cm³/mol. The molecule has 126 valence electrons. The van der Waals surface area contributed by atoms with Gasteiger partial charge in [0.05, 0.1) is 12.8 Å². The average molecular weight is 328 g/mol. The van der Waals surface area contributed by atoms with Crippen LogP contribution in [0.25, 0.3) is 0 Å². The minimum absolute atomic E-state index is 0.175. The zero-order valence-electron chi connectivity index (χ0n) is 14.0. The first-order chi connectivity index (χ1) is 11.4. The number of carbonyl (C=O) groups is 2. The minimum atomic E-state index is -1.17. The van der Waals surface area contributed by atoms with Gasteiger partial charge < -0.3 is 14.5 Å². The largest absolute Gasteiger partial charge is 0.491 e. The number of rotatable bonds is 5. The highest BCUT2D eigenvalue weighted by molar-refractivity contribution is 6.06. The summed E-state index contributed by atoms with van der Waals surface area (Å²) in [5, 5.41) is 2.69. The molecule has 0 spiro atoms. The number of nitrogens with one attached hydrogen (secondary N) is 1.